The zero-order valence-electron chi connectivity index (χ0n) is 16.6. The van der Waals surface area contributed by atoms with Gasteiger partial charge in [-0.15, -0.1) is 0 Å². The third kappa shape index (κ3) is 11.1. The molecule has 0 unspecified atom stereocenters. The summed E-state index contributed by atoms with van der Waals surface area (Å²) in [6.07, 6.45) is -2.50. The standard InChI is InChI=1S/C15H23N3O5.C2HF3O2/c1-15(2,3)23-14(22)10(16)4-5-11(19)17-8-9-18-12(20)6-7-13(18)21;3-2(4,5)1(6)7/h6-7,10H,4-5,8-9,16H2,1-3H3,(H,17,19);(H,6,7)/t10-;/m0./s1. The van der Waals surface area contributed by atoms with E-state index in [0.29, 0.717) is 0 Å². The summed E-state index contributed by atoms with van der Waals surface area (Å²) in [7, 11) is 0. The van der Waals surface area contributed by atoms with Gasteiger partial charge in [-0.3, -0.25) is 24.1 Å². The molecule has 0 aromatic carbocycles. The number of aliphatic carboxylic acids is 1. The molecule has 1 aliphatic heterocycles. The first-order chi connectivity index (χ1) is 13.5. The highest BCUT2D eigenvalue weighted by Crippen LogP contribution is 2.13. The lowest BCUT2D eigenvalue weighted by atomic mass is 10.1. The van der Waals surface area contributed by atoms with Crippen LogP contribution in [0.2, 0.25) is 0 Å². The minimum Gasteiger partial charge on any atom is -0.475 e. The minimum atomic E-state index is -5.08. The molecule has 10 nitrogen and oxygen atoms in total. The second kappa shape index (κ2) is 11.3. The second-order valence-corrected chi connectivity index (χ2v) is 6.99. The summed E-state index contributed by atoms with van der Waals surface area (Å²) < 4.78 is 36.9. The first kappa shape index (κ1) is 27.0. The molecule has 4 N–H and O–H groups in total. The van der Waals surface area contributed by atoms with Gasteiger partial charge in [0, 0.05) is 31.7 Å². The number of carboxylic acid groups (broad SMARTS) is 1. The van der Waals surface area contributed by atoms with Crippen molar-refractivity contribution in [1.29, 1.82) is 0 Å². The number of carbonyl (C=O) groups is 5. The third-order valence-corrected chi connectivity index (χ3v) is 3.19. The van der Waals surface area contributed by atoms with Gasteiger partial charge >= 0.3 is 18.1 Å². The van der Waals surface area contributed by atoms with Crippen molar-refractivity contribution < 1.29 is 47.0 Å². The largest absolute Gasteiger partial charge is 0.490 e. The maximum absolute atomic E-state index is 11.7. The Hall–Kier alpha value is -2.96. The first-order valence-corrected chi connectivity index (χ1v) is 8.63. The summed E-state index contributed by atoms with van der Waals surface area (Å²) in [5.74, 6) is -4.40. The molecule has 1 atom stereocenters. The SMILES string of the molecule is CC(C)(C)OC(=O)[C@@H](N)CCC(=O)NCCN1C(=O)C=CC1=O.O=C(O)C(F)(F)F. The van der Waals surface area contributed by atoms with Crippen LogP contribution >= 0.6 is 0 Å². The maximum atomic E-state index is 11.7. The Morgan fingerprint density at radius 2 is 1.63 bits per heavy atom. The van der Waals surface area contributed by atoms with Gasteiger partial charge in [-0.1, -0.05) is 0 Å². The number of rotatable bonds is 7. The number of halogens is 3. The van der Waals surface area contributed by atoms with Gasteiger partial charge in [-0.05, 0) is 27.2 Å². The molecule has 3 amide bonds. The van der Waals surface area contributed by atoms with Crippen molar-refractivity contribution in [2.24, 2.45) is 5.73 Å². The third-order valence-electron chi connectivity index (χ3n) is 3.19. The van der Waals surface area contributed by atoms with Crippen molar-refractivity contribution >= 4 is 29.7 Å². The monoisotopic (exact) mass is 439 g/mol. The molecule has 0 spiro atoms. The van der Waals surface area contributed by atoms with E-state index >= 15 is 0 Å². The van der Waals surface area contributed by atoms with Crippen molar-refractivity contribution in [3.8, 4) is 0 Å². The van der Waals surface area contributed by atoms with Gasteiger partial charge in [0.2, 0.25) is 5.91 Å². The minimum absolute atomic E-state index is 0.0561. The lowest BCUT2D eigenvalue weighted by molar-refractivity contribution is -0.192. The number of alkyl halides is 3. The van der Waals surface area contributed by atoms with Crippen LogP contribution in [-0.4, -0.2) is 70.6 Å². The zero-order chi connectivity index (χ0) is 23.7. The summed E-state index contributed by atoms with van der Waals surface area (Å²) >= 11 is 0. The number of amides is 3. The number of carbonyl (C=O) groups excluding carboxylic acids is 4. The average molecular weight is 439 g/mol. The number of nitrogens with one attached hydrogen (secondary N) is 1. The Bertz CT molecular complexity index is 682. The van der Waals surface area contributed by atoms with Crippen molar-refractivity contribution in [2.45, 2.75) is 51.4 Å². The van der Waals surface area contributed by atoms with Gasteiger partial charge in [-0.25, -0.2) is 4.79 Å². The molecular weight excluding hydrogens is 415 g/mol. The van der Waals surface area contributed by atoms with Gasteiger partial charge in [-0.2, -0.15) is 13.2 Å². The smallest absolute Gasteiger partial charge is 0.475 e. The van der Waals surface area contributed by atoms with Gasteiger partial charge in [0.1, 0.15) is 11.6 Å². The predicted octanol–water partition coefficient (Wildman–Crippen LogP) is 0.110. The summed E-state index contributed by atoms with van der Waals surface area (Å²) in [5, 5.41) is 9.70. The quantitative estimate of drug-likeness (QED) is 0.373. The molecule has 0 saturated carbocycles. The van der Waals surface area contributed by atoms with E-state index in [2.05, 4.69) is 5.32 Å². The van der Waals surface area contributed by atoms with E-state index in [0.717, 1.165) is 4.90 Å². The molecule has 0 aromatic heterocycles. The highest BCUT2D eigenvalue weighted by atomic mass is 19.4. The molecule has 1 rings (SSSR count). The molecule has 0 aliphatic carbocycles. The van der Waals surface area contributed by atoms with Crippen LogP contribution in [0, 0.1) is 0 Å². The Labute approximate surface area is 170 Å². The van der Waals surface area contributed by atoms with E-state index in [1.807, 2.05) is 0 Å². The number of ether oxygens (including phenoxy) is 1. The molecule has 0 aromatic rings. The number of imide groups is 1. The van der Waals surface area contributed by atoms with Crippen LogP contribution in [0.4, 0.5) is 13.2 Å². The highest BCUT2D eigenvalue weighted by Gasteiger charge is 2.38. The zero-order valence-corrected chi connectivity index (χ0v) is 16.6. The van der Waals surface area contributed by atoms with E-state index in [1.165, 1.54) is 12.2 Å². The van der Waals surface area contributed by atoms with Crippen LogP contribution in [-0.2, 0) is 28.7 Å². The van der Waals surface area contributed by atoms with E-state index < -0.39 is 41.6 Å². The first-order valence-electron chi connectivity index (χ1n) is 8.63. The number of esters is 1. The van der Waals surface area contributed by atoms with E-state index in [4.69, 9.17) is 20.4 Å². The van der Waals surface area contributed by atoms with E-state index in [-0.39, 0.29) is 31.8 Å². The molecule has 1 aliphatic rings. The molecule has 0 bridgehead atoms. The summed E-state index contributed by atoms with van der Waals surface area (Å²) in [5.41, 5.74) is 5.05. The highest BCUT2D eigenvalue weighted by molar-refractivity contribution is 6.12. The fraction of sp³-hybridized carbons (Fsp3) is 0.588. The number of carboxylic acids is 1. The van der Waals surface area contributed by atoms with Gasteiger partial charge in [0.25, 0.3) is 11.8 Å². The number of hydrogen-bond donors (Lipinski definition) is 3. The second-order valence-electron chi connectivity index (χ2n) is 6.99. The van der Waals surface area contributed by atoms with Crippen LogP contribution in [0.3, 0.4) is 0 Å². The lowest BCUT2D eigenvalue weighted by Crippen LogP contribution is -2.40. The normalized spacial score (nSPS) is 14.7. The fourth-order valence-corrected chi connectivity index (χ4v) is 1.83. The van der Waals surface area contributed by atoms with Gasteiger partial charge in [0.15, 0.2) is 0 Å². The Kier molecular flexibility index (Phi) is 10.2. The van der Waals surface area contributed by atoms with Gasteiger partial charge in [0.05, 0.1) is 0 Å². The van der Waals surface area contributed by atoms with Crippen molar-refractivity contribution in [2.75, 3.05) is 13.1 Å². The molecule has 0 fully saturated rings. The van der Waals surface area contributed by atoms with Crippen molar-refractivity contribution in [3.05, 3.63) is 12.2 Å². The van der Waals surface area contributed by atoms with Crippen LogP contribution in [0.15, 0.2) is 12.2 Å². The van der Waals surface area contributed by atoms with Crippen LogP contribution in [0.25, 0.3) is 0 Å². The van der Waals surface area contributed by atoms with E-state index in [1.54, 1.807) is 20.8 Å². The lowest BCUT2D eigenvalue weighted by Gasteiger charge is -2.22. The Balaban J connectivity index is 0.00000103. The fourth-order valence-electron chi connectivity index (χ4n) is 1.83. The Morgan fingerprint density at radius 1 is 1.17 bits per heavy atom. The van der Waals surface area contributed by atoms with Crippen LogP contribution < -0.4 is 11.1 Å². The number of nitrogens with two attached hydrogens (primary N) is 1. The topological polar surface area (TPSA) is 156 Å². The van der Waals surface area contributed by atoms with Crippen LogP contribution in [0.1, 0.15) is 33.6 Å². The molecule has 30 heavy (non-hydrogen) atoms. The number of hydrogen-bond acceptors (Lipinski definition) is 7. The average Bonchev–Trinajstić information content (AvgIpc) is 2.89. The van der Waals surface area contributed by atoms with Gasteiger partial charge < -0.3 is 20.9 Å². The molecule has 1 heterocycles. The molecule has 13 heteroatoms. The van der Waals surface area contributed by atoms with Crippen LogP contribution in [0.5, 0.6) is 0 Å². The summed E-state index contributed by atoms with van der Waals surface area (Å²) in [6, 6.07) is -0.870. The molecule has 170 valence electrons. The van der Waals surface area contributed by atoms with Crippen molar-refractivity contribution in [3.63, 3.8) is 0 Å². The van der Waals surface area contributed by atoms with E-state index in [9.17, 15) is 32.3 Å². The molecule has 0 saturated heterocycles. The maximum Gasteiger partial charge on any atom is 0.490 e. The summed E-state index contributed by atoms with van der Waals surface area (Å²) in [6.45, 7) is 5.47. The predicted molar refractivity (Wildman–Crippen MR) is 95.6 cm³/mol. The summed E-state index contributed by atoms with van der Waals surface area (Å²) in [4.78, 5) is 55.9. The van der Waals surface area contributed by atoms with Crippen molar-refractivity contribution in [1.82, 2.24) is 10.2 Å². The molecular formula is C17H24F3N3O7. The number of nitrogens with zero attached hydrogens (tertiary/aromatic N) is 1. The Morgan fingerprint density at radius 3 is 2.03 bits per heavy atom. The molecule has 0 radical (unpaired) electrons.